The molecule has 8 rings (SSSR count). The van der Waals surface area contributed by atoms with Crippen molar-refractivity contribution in [1.29, 1.82) is 0 Å². The predicted molar refractivity (Wildman–Crippen MR) is 184 cm³/mol. The van der Waals surface area contributed by atoms with Crippen LogP contribution in [0.4, 0.5) is 0 Å². The molecule has 3 saturated carbocycles. The first-order chi connectivity index (χ1) is 21.3. The second-order valence-electron chi connectivity index (χ2n) is 13.6. The molecule has 6 atom stereocenters. The molecule has 0 radical (unpaired) electrons. The third kappa shape index (κ3) is 12.9. The van der Waals surface area contributed by atoms with Gasteiger partial charge in [-0.15, -0.1) is 45.8 Å². The summed E-state index contributed by atoms with van der Waals surface area (Å²) in [6.07, 6.45) is 25.9. The van der Waals surface area contributed by atoms with Crippen molar-refractivity contribution in [1.82, 2.24) is 0 Å². The molecule has 4 heterocycles. The molecule has 7 aliphatic rings. The van der Waals surface area contributed by atoms with Crippen LogP contribution in [0, 0.1) is 35.5 Å². The van der Waals surface area contributed by atoms with E-state index in [1.54, 1.807) is 0 Å². The third-order valence-electron chi connectivity index (χ3n) is 10.9. The van der Waals surface area contributed by atoms with Gasteiger partial charge in [-0.3, -0.25) is 0 Å². The number of fused-ring (bicyclic) bond motifs is 4. The zero-order chi connectivity index (χ0) is 30.0. The van der Waals surface area contributed by atoms with Crippen molar-refractivity contribution in [3.05, 3.63) is 62.9 Å². The van der Waals surface area contributed by atoms with Crippen molar-refractivity contribution in [3.8, 4) is 0 Å². The van der Waals surface area contributed by atoms with Crippen molar-refractivity contribution in [3.63, 3.8) is 0 Å². The van der Waals surface area contributed by atoms with Crippen LogP contribution < -0.4 is 0 Å². The van der Waals surface area contributed by atoms with Crippen LogP contribution in [0.5, 0.6) is 0 Å². The number of nitrogens with zero attached hydrogens (tertiary/aromatic N) is 4. The van der Waals surface area contributed by atoms with Crippen LogP contribution in [0.25, 0.3) is 27.3 Å². The van der Waals surface area contributed by atoms with Gasteiger partial charge in [-0.1, -0.05) is 150 Å². The van der Waals surface area contributed by atoms with Crippen LogP contribution >= 0.6 is 19.4 Å². The summed E-state index contributed by atoms with van der Waals surface area (Å²) in [5.41, 5.74) is 2.63. The number of piperidine rings is 3. The molecule has 0 aromatic heterocycles. The van der Waals surface area contributed by atoms with Gasteiger partial charge >= 0.3 is 34.5 Å². The fraction of sp³-hybridized carbons (Fsp3) is 0.778. The monoisotopic (exact) mass is 717 g/mol. The molecular formula is C36H56Cl2N4Rh-4. The maximum atomic E-state index is 4.83. The Labute approximate surface area is 279 Å². The van der Waals surface area contributed by atoms with E-state index in [1.807, 2.05) is 18.3 Å². The maximum absolute atomic E-state index is 4.83. The summed E-state index contributed by atoms with van der Waals surface area (Å²) in [5, 5.41) is 17.5. The summed E-state index contributed by atoms with van der Waals surface area (Å²) in [6.45, 7) is 7.86. The van der Waals surface area contributed by atoms with E-state index in [0.29, 0.717) is 0 Å². The summed E-state index contributed by atoms with van der Waals surface area (Å²) >= 11 is -0.226. The van der Waals surface area contributed by atoms with Gasteiger partial charge in [0.15, 0.2) is 0 Å². The topological polar surface area (TPSA) is 56.4 Å². The Morgan fingerprint density at radius 3 is 1.33 bits per heavy atom. The van der Waals surface area contributed by atoms with E-state index in [-0.39, 0.29) is 15.1 Å². The molecule has 6 unspecified atom stereocenters. The first-order valence-corrected chi connectivity index (χ1v) is 21.6. The Hall–Kier alpha value is -0.157. The Morgan fingerprint density at radius 2 is 0.930 bits per heavy atom. The minimum absolute atomic E-state index is 0.226. The van der Waals surface area contributed by atoms with E-state index in [1.165, 1.54) is 127 Å². The fourth-order valence-electron chi connectivity index (χ4n) is 8.38. The number of hydrogen-bond donors (Lipinski definition) is 0. The predicted octanol–water partition coefficient (Wildman–Crippen LogP) is 11.6. The van der Waals surface area contributed by atoms with E-state index in [9.17, 15) is 0 Å². The van der Waals surface area contributed by atoms with Crippen molar-refractivity contribution in [2.75, 3.05) is 39.3 Å². The van der Waals surface area contributed by atoms with Gasteiger partial charge in [0.2, 0.25) is 0 Å². The number of benzene rings is 1. The molecule has 3 saturated heterocycles. The molecule has 3 aliphatic carbocycles. The van der Waals surface area contributed by atoms with E-state index < -0.39 is 0 Å². The standard InChI is InChI=1S/3C9H16N.C9H8N.2ClH.Rh/c4*1-2-4-9-7-10-6-5-8(9)3-1;;;/h3*8-9H,1-7H2;1-6H,7H2;2*1H;/q4*-1;;;+2/p-2. The van der Waals surface area contributed by atoms with E-state index >= 15 is 0 Å². The molecule has 7 heteroatoms. The Morgan fingerprint density at radius 1 is 0.535 bits per heavy atom. The van der Waals surface area contributed by atoms with Crippen LogP contribution in [0.2, 0.25) is 0 Å². The molecule has 247 valence electrons. The summed E-state index contributed by atoms with van der Waals surface area (Å²) in [7, 11) is 9.67. The number of rotatable bonds is 0. The normalized spacial score (nSPS) is 32.2. The summed E-state index contributed by atoms with van der Waals surface area (Å²) < 4.78 is 0. The summed E-state index contributed by atoms with van der Waals surface area (Å²) in [5.74, 6) is 6.15. The molecule has 43 heavy (non-hydrogen) atoms. The quantitative estimate of drug-likeness (QED) is 0.240. The number of hydrogen-bond acceptors (Lipinski definition) is 0. The molecule has 0 N–H and O–H groups in total. The number of halogens is 2. The fourth-order valence-corrected chi connectivity index (χ4v) is 8.38. The van der Waals surface area contributed by atoms with Crippen LogP contribution in [-0.2, 0) is 21.7 Å². The van der Waals surface area contributed by atoms with Gasteiger partial charge < -0.3 is 21.3 Å². The van der Waals surface area contributed by atoms with Gasteiger partial charge in [0.05, 0.1) is 0 Å². The molecule has 4 nitrogen and oxygen atoms in total. The van der Waals surface area contributed by atoms with Gasteiger partial charge in [0.1, 0.15) is 0 Å². The average Bonchev–Trinajstić information content (AvgIpc) is 3.10. The summed E-state index contributed by atoms with van der Waals surface area (Å²) in [6, 6.07) is 8.32. The van der Waals surface area contributed by atoms with Crippen LogP contribution in [0.15, 0.2) is 30.5 Å². The average molecular weight is 719 g/mol. The van der Waals surface area contributed by atoms with Crippen LogP contribution in [-0.4, -0.2) is 39.3 Å². The molecule has 0 bridgehead atoms. The summed E-state index contributed by atoms with van der Waals surface area (Å²) in [4.78, 5) is 0. The van der Waals surface area contributed by atoms with Gasteiger partial charge in [-0.25, -0.2) is 0 Å². The zero-order valence-corrected chi connectivity index (χ0v) is 29.5. The van der Waals surface area contributed by atoms with Crippen molar-refractivity contribution in [2.45, 2.75) is 103 Å². The molecule has 0 spiro atoms. The molecular weight excluding hydrogens is 662 g/mol. The third-order valence-corrected chi connectivity index (χ3v) is 10.9. The van der Waals surface area contributed by atoms with Crippen molar-refractivity contribution < 1.29 is 15.1 Å². The second-order valence-corrected chi connectivity index (χ2v) is 16.1. The molecule has 4 aliphatic heterocycles. The Balaban J connectivity index is 0.000000127. The first-order valence-electron chi connectivity index (χ1n) is 17.4. The van der Waals surface area contributed by atoms with Crippen LogP contribution in [0.1, 0.15) is 107 Å². The molecule has 1 aromatic rings. The SMILES string of the molecule is C1=Cc2ccccc2C[N-]1.C1CCC2C[N-]CCC2C1.C1CCC2C[N-]CCC2C1.C1CCC2C[N-]CCC2C1.[Cl][Rh][Cl]. The van der Waals surface area contributed by atoms with Crippen molar-refractivity contribution in [2.24, 2.45) is 35.5 Å². The molecule has 1 aromatic carbocycles. The van der Waals surface area contributed by atoms with Gasteiger partial charge in [-0.2, -0.15) is 6.20 Å². The Bertz CT molecular complexity index is 757. The first kappa shape index (κ1) is 35.7. The van der Waals surface area contributed by atoms with E-state index in [0.717, 1.165) is 61.7 Å². The minimum atomic E-state index is -0.226. The molecule has 6 fully saturated rings. The van der Waals surface area contributed by atoms with E-state index in [2.05, 4.69) is 39.5 Å². The molecule has 0 amide bonds. The Kier molecular flexibility index (Phi) is 17.9. The van der Waals surface area contributed by atoms with Crippen LogP contribution in [0.3, 0.4) is 0 Å². The second kappa shape index (κ2) is 21.6. The van der Waals surface area contributed by atoms with Gasteiger partial charge in [0.25, 0.3) is 0 Å². The van der Waals surface area contributed by atoms with Gasteiger partial charge in [0, 0.05) is 0 Å². The van der Waals surface area contributed by atoms with E-state index in [4.69, 9.17) is 19.4 Å². The zero-order valence-electron chi connectivity index (χ0n) is 26.4. The van der Waals surface area contributed by atoms with Gasteiger partial charge in [-0.05, 0) is 23.3 Å². The van der Waals surface area contributed by atoms with Crippen molar-refractivity contribution >= 4 is 25.5 Å².